The quantitative estimate of drug-likeness (QED) is 0.716. The first-order chi connectivity index (χ1) is 8.83. The van der Waals surface area contributed by atoms with Crippen LogP contribution in [0.25, 0.3) is 5.65 Å². The average molecular weight is 260 g/mol. The van der Waals surface area contributed by atoms with Crippen LogP contribution in [-0.4, -0.2) is 30.1 Å². The maximum atomic E-state index is 5.60. The summed E-state index contributed by atoms with van der Waals surface area (Å²) < 4.78 is 3.80. The van der Waals surface area contributed by atoms with Gasteiger partial charge in [0.05, 0.1) is 18.4 Å². The highest BCUT2D eigenvalue weighted by atomic mass is 32.2. The van der Waals surface area contributed by atoms with Crippen molar-refractivity contribution in [2.24, 2.45) is 0 Å². The normalized spacial score (nSPS) is 11.1. The molecular formula is C11H12N6S. The highest BCUT2D eigenvalue weighted by Gasteiger charge is 2.04. The molecule has 0 aromatic carbocycles. The van der Waals surface area contributed by atoms with Gasteiger partial charge in [-0.05, 0) is 12.1 Å². The number of nitrogens with zero attached hydrogens (tertiary/aromatic N) is 5. The minimum atomic E-state index is 0.688. The minimum Gasteiger partial charge on any atom is -0.396 e. The van der Waals surface area contributed by atoms with Gasteiger partial charge in [0.15, 0.2) is 10.8 Å². The van der Waals surface area contributed by atoms with Crippen molar-refractivity contribution in [1.29, 1.82) is 0 Å². The number of nitrogens with two attached hydrogens (primary N) is 1. The highest BCUT2D eigenvalue weighted by molar-refractivity contribution is 7.99. The SMILES string of the molecule is Nc1cnn(CCSc2nnc3ccccn23)c1. The average Bonchev–Trinajstić information content (AvgIpc) is 2.97. The van der Waals surface area contributed by atoms with Crippen molar-refractivity contribution in [1.82, 2.24) is 24.4 Å². The maximum Gasteiger partial charge on any atom is 0.195 e. The number of hydrogen-bond donors (Lipinski definition) is 1. The third-order valence-corrected chi connectivity index (χ3v) is 3.41. The fourth-order valence-electron chi connectivity index (χ4n) is 1.65. The molecule has 0 atom stereocenters. The van der Waals surface area contributed by atoms with E-state index in [4.69, 9.17) is 5.73 Å². The smallest absolute Gasteiger partial charge is 0.195 e. The lowest BCUT2D eigenvalue weighted by Gasteiger charge is -2.00. The molecule has 0 fully saturated rings. The Morgan fingerprint density at radius 2 is 2.22 bits per heavy atom. The molecule has 6 nitrogen and oxygen atoms in total. The van der Waals surface area contributed by atoms with Gasteiger partial charge in [0.1, 0.15) is 0 Å². The van der Waals surface area contributed by atoms with Gasteiger partial charge >= 0.3 is 0 Å². The summed E-state index contributed by atoms with van der Waals surface area (Å²) in [6.45, 7) is 0.795. The predicted octanol–water partition coefficient (Wildman–Crippen LogP) is 1.30. The van der Waals surface area contributed by atoms with E-state index in [9.17, 15) is 0 Å². The number of rotatable bonds is 4. The zero-order valence-corrected chi connectivity index (χ0v) is 10.4. The maximum absolute atomic E-state index is 5.60. The van der Waals surface area contributed by atoms with Crippen molar-refractivity contribution in [3.63, 3.8) is 0 Å². The van der Waals surface area contributed by atoms with Crippen LogP contribution in [-0.2, 0) is 6.54 Å². The topological polar surface area (TPSA) is 74.0 Å². The molecule has 2 N–H and O–H groups in total. The second kappa shape index (κ2) is 4.69. The first-order valence-corrected chi connectivity index (χ1v) is 6.52. The molecule has 0 bridgehead atoms. The van der Waals surface area contributed by atoms with Crippen molar-refractivity contribution >= 4 is 23.1 Å². The Bertz CT molecular complexity index is 658. The number of pyridine rings is 1. The van der Waals surface area contributed by atoms with E-state index in [1.54, 1.807) is 18.0 Å². The van der Waals surface area contributed by atoms with Crippen LogP contribution in [0.4, 0.5) is 5.69 Å². The van der Waals surface area contributed by atoms with Gasteiger partial charge in [-0.3, -0.25) is 9.08 Å². The molecule has 0 radical (unpaired) electrons. The lowest BCUT2D eigenvalue weighted by atomic mass is 10.5. The molecule has 7 heteroatoms. The van der Waals surface area contributed by atoms with E-state index in [-0.39, 0.29) is 0 Å². The third-order valence-electron chi connectivity index (χ3n) is 2.49. The number of thioether (sulfide) groups is 1. The van der Waals surface area contributed by atoms with Gasteiger partial charge < -0.3 is 5.73 Å². The van der Waals surface area contributed by atoms with Gasteiger partial charge in [0, 0.05) is 18.1 Å². The molecule has 0 saturated carbocycles. The van der Waals surface area contributed by atoms with Crippen molar-refractivity contribution in [3.8, 4) is 0 Å². The molecule has 0 aliphatic rings. The van der Waals surface area contributed by atoms with E-state index in [0.29, 0.717) is 5.69 Å². The molecule has 3 aromatic rings. The summed E-state index contributed by atoms with van der Waals surface area (Å²) in [4.78, 5) is 0. The fraction of sp³-hybridized carbons (Fsp3) is 0.182. The van der Waals surface area contributed by atoms with Crippen LogP contribution in [0.2, 0.25) is 0 Å². The summed E-state index contributed by atoms with van der Waals surface area (Å²) in [6, 6.07) is 5.85. The number of aromatic nitrogens is 5. The molecule has 92 valence electrons. The molecular weight excluding hydrogens is 248 g/mol. The fourth-order valence-corrected chi connectivity index (χ4v) is 2.50. The molecule has 18 heavy (non-hydrogen) atoms. The second-order valence-electron chi connectivity index (χ2n) is 3.80. The van der Waals surface area contributed by atoms with E-state index in [2.05, 4.69) is 15.3 Å². The van der Waals surface area contributed by atoms with Crippen LogP contribution in [0.5, 0.6) is 0 Å². The number of nitrogen functional groups attached to an aromatic ring is 1. The van der Waals surface area contributed by atoms with E-state index >= 15 is 0 Å². The Morgan fingerprint density at radius 3 is 3.06 bits per heavy atom. The van der Waals surface area contributed by atoms with Gasteiger partial charge in [0.2, 0.25) is 0 Å². The van der Waals surface area contributed by atoms with Gasteiger partial charge in [-0.15, -0.1) is 10.2 Å². The molecule has 3 rings (SSSR count). The van der Waals surface area contributed by atoms with Crippen molar-refractivity contribution in [2.45, 2.75) is 11.7 Å². The second-order valence-corrected chi connectivity index (χ2v) is 4.86. The summed E-state index contributed by atoms with van der Waals surface area (Å²) in [5.74, 6) is 0.872. The lowest BCUT2D eigenvalue weighted by Crippen LogP contribution is -2.01. The molecule has 0 saturated heterocycles. The molecule has 3 heterocycles. The first kappa shape index (κ1) is 11.1. The first-order valence-electron chi connectivity index (χ1n) is 5.53. The van der Waals surface area contributed by atoms with E-state index < -0.39 is 0 Å². The van der Waals surface area contributed by atoms with Crippen molar-refractivity contribution in [3.05, 3.63) is 36.8 Å². The number of fused-ring (bicyclic) bond motifs is 1. The zero-order chi connectivity index (χ0) is 12.4. The molecule has 3 aromatic heterocycles. The van der Waals surface area contributed by atoms with Gasteiger partial charge in [-0.1, -0.05) is 17.8 Å². The lowest BCUT2D eigenvalue weighted by molar-refractivity contribution is 0.666. The van der Waals surface area contributed by atoms with Gasteiger partial charge in [-0.25, -0.2) is 0 Å². The van der Waals surface area contributed by atoms with E-state index in [1.807, 2.05) is 39.7 Å². The summed E-state index contributed by atoms with van der Waals surface area (Å²) in [5.41, 5.74) is 7.15. The Morgan fingerprint density at radius 1 is 1.28 bits per heavy atom. The standard InChI is InChI=1S/C11H12N6S/c12-9-7-13-16(8-9)5-6-18-11-15-14-10-3-1-2-4-17(10)11/h1-4,7-8H,5-6,12H2. The number of aryl methyl sites for hydroxylation is 1. The summed E-state index contributed by atoms with van der Waals surface area (Å²) in [5, 5.41) is 13.3. The monoisotopic (exact) mass is 260 g/mol. The zero-order valence-electron chi connectivity index (χ0n) is 9.60. The van der Waals surface area contributed by atoms with Crippen LogP contribution in [0.3, 0.4) is 0 Å². The summed E-state index contributed by atoms with van der Waals surface area (Å²) in [7, 11) is 0. The Labute approximate surface area is 108 Å². The van der Waals surface area contributed by atoms with E-state index in [0.717, 1.165) is 23.1 Å². The highest BCUT2D eigenvalue weighted by Crippen LogP contribution is 2.16. The van der Waals surface area contributed by atoms with Crippen LogP contribution in [0, 0.1) is 0 Å². The van der Waals surface area contributed by atoms with Crippen LogP contribution in [0.1, 0.15) is 0 Å². The summed E-state index contributed by atoms with van der Waals surface area (Å²) in [6.07, 6.45) is 5.43. The third kappa shape index (κ3) is 2.17. The Balaban J connectivity index is 1.66. The Hall–Kier alpha value is -2.02. The number of anilines is 1. The largest absolute Gasteiger partial charge is 0.396 e. The van der Waals surface area contributed by atoms with Gasteiger partial charge in [0.25, 0.3) is 0 Å². The molecule has 0 amide bonds. The van der Waals surface area contributed by atoms with Crippen LogP contribution in [0.15, 0.2) is 41.9 Å². The molecule has 0 spiro atoms. The van der Waals surface area contributed by atoms with Crippen molar-refractivity contribution in [2.75, 3.05) is 11.5 Å². The molecule has 0 unspecified atom stereocenters. The van der Waals surface area contributed by atoms with Gasteiger partial charge in [-0.2, -0.15) is 5.10 Å². The predicted molar refractivity (Wildman–Crippen MR) is 70.4 cm³/mol. The van der Waals surface area contributed by atoms with Crippen LogP contribution < -0.4 is 5.73 Å². The number of hydrogen-bond acceptors (Lipinski definition) is 5. The van der Waals surface area contributed by atoms with E-state index in [1.165, 1.54) is 0 Å². The summed E-state index contributed by atoms with van der Waals surface area (Å²) >= 11 is 1.65. The Kier molecular flexibility index (Phi) is 2.89. The van der Waals surface area contributed by atoms with Crippen molar-refractivity contribution < 1.29 is 0 Å². The minimum absolute atomic E-state index is 0.688. The molecule has 0 aliphatic heterocycles. The van der Waals surface area contributed by atoms with Crippen LogP contribution >= 0.6 is 11.8 Å². The molecule has 0 aliphatic carbocycles.